The molecule has 0 fully saturated rings. The third-order valence-electron chi connectivity index (χ3n) is 2.13. The molecule has 82 valence electrons. The molecule has 0 aliphatic carbocycles. The molecule has 2 aromatic rings. The van der Waals surface area contributed by atoms with Crippen LogP contribution in [-0.4, -0.2) is 12.0 Å². The van der Waals surface area contributed by atoms with Gasteiger partial charge in [0.25, 0.3) is 0 Å². The summed E-state index contributed by atoms with van der Waals surface area (Å²) in [4.78, 5) is 21.3. The molecule has 1 heterocycles. The van der Waals surface area contributed by atoms with Gasteiger partial charge >= 0.3 is 11.3 Å². The summed E-state index contributed by atoms with van der Waals surface area (Å²) in [6, 6.07) is 6.47. The second-order valence-corrected chi connectivity index (χ2v) is 3.02. The van der Waals surface area contributed by atoms with E-state index in [2.05, 4.69) is 0 Å². The monoisotopic (exact) mass is 221 g/mol. The quantitative estimate of drug-likeness (QED) is 0.438. The Morgan fingerprint density at radius 2 is 2.06 bits per heavy atom. The predicted octanol–water partition coefficient (Wildman–Crippen LogP) is 1.71. The molecular formula is C10H7NO5. The largest absolute Gasteiger partial charge is 0.489 e. The number of fused-ring (bicyclic) bond motifs is 1. The number of methoxy groups -OCH3 is 1. The smallest absolute Gasteiger partial charge is 0.419 e. The van der Waals surface area contributed by atoms with Crippen LogP contribution in [0.2, 0.25) is 0 Å². The van der Waals surface area contributed by atoms with Gasteiger partial charge in [0.15, 0.2) is 0 Å². The van der Waals surface area contributed by atoms with E-state index in [1.807, 2.05) is 0 Å². The molecule has 0 N–H and O–H groups in total. The van der Waals surface area contributed by atoms with Crippen LogP contribution in [0.3, 0.4) is 0 Å². The van der Waals surface area contributed by atoms with Crippen LogP contribution in [0, 0.1) is 10.1 Å². The van der Waals surface area contributed by atoms with Crippen molar-refractivity contribution in [3.63, 3.8) is 0 Å². The lowest BCUT2D eigenvalue weighted by Gasteiger charge is -2.03. The summed E-state index contributed by atoms with van der Waals surface area (Å²) in [5.74, 6) is -0.0724. The molecule has 1 aromatic carbocycles. The number of hydrogen-bond donors (Lipinski definition) is 0. The lowest BCUT2D eigenvalue weighted by atomic mass is 10.2. The van der Waals surface area contributed by atoms with E-state index in [0.717, 1.165) is 0 Å². The van der Waals surface area contributed by atoms with Crippen molar-refractivity contribution in [3.05, 3.63) is 44.8 Å². The first kappa shape index (κ1) is 10.2. The zero-order chi connectivity index (χ0) is 11.7. The maximum absolute atomic E-state index is 11.4. The summed E-state index contributed by atoms with van der Waals surface area (Å²) in [6.45, 7) is 0. The van der Waals surface area contributed by atoms with Crippen LogP contribution in [0.5, 0.6) is 5.75 Å². The molecule has 0 saturated heterocycles. The van der Waals surface area contributed by atoms with Crippen LogP contribution in [0.25, 0.3) is 11.0 Å². The molecule has 0 bridgehead atoms. The number of para-hydroxylation sites is 1. The maximum Gasteiger partial charge on any atom is 0.419 e. The predicted molar refractivity (Wildman–Crippen MR) is 55.7 cm³/mol. The molecule has 6 heteroatoms. The summed E-state index contributed by atoms with van der Waals surface area (Å²) >= 11 is 0. The minimum absolute atomic E-state index is 0.0724. The molecule has 1 aromatic heterocycles. The summed E-state index contributed by atoms with van der Waals surface area (Å²) < 4.78 is 9.72. The number of benzene rings is 1. The van der Waals surface area contributed by atoms with Crippen LogP contribution < -0.4 is 10.4 Å². The molecule has 0 saturated carbocycles. The van der Waals surface area contributed by atoms with Gasteiger partial charge in [-0.2, -0.15) is 0 Å². The Morgan fingerprint density at radius 3 is 2.69 bits per heavy atom. The Bertz CT molecular complexity index is 616. The first-order valence-corrected chi connectivity index (χ1v) is 4.39. The molecule has 16 heavy (non-hydrogen) atoms. The fourth-order valence-electron chi connectivity index (χ4n) is 1.48. The van der Waals surface area contributed by atoms with Crippen LogP contribution in [0.15, 0.2) is 33.5 Å². The van der Waals surface area contributed by atoms with Gasteiger partial charge in [-0.1, -0.05) is 12.1 Å². The normalized spacial score (nSPS) is 10.3. The van der Waals surface area contributed by atoms with Crippen molar-refractivity contribution < 1.29 is 14.1 Å². The van der Waals surface area contributed by atoms with E-state index in [-0.39, 0.29) is 11.3 Å². The van der Waals surface area contributed by atoms with Crippen molar-refractivity contribution in [2.75, 3.05) is 7.11 Å². The molecule has 0 unspecified atom stereocenters. The Balaban J connectivity index is 2.96. The van der Waals surface area contributed by atoms with Gasteiger partial charge in [0, 0.05) is 0 Å². The minimum atomic E-state index is -1.01. The Hall–Kier alpha value is -2.37. The summed E-state index contributed by atoms with van der Waals surface area (Å²) in [5, 5.41) is 11.1. The highest BCUT2D eigenvalue weighted by Gasteiger charge is 2.25. The third kappa shape index (κ3) is 1.40. The minimum Gasteiger partial charge on any atom is -0.489 e. The van der Waals surface area contributed by atoms with E-state index in [4.69, 9.17) is 9.15 Å². The van der Waals surface area contributed by atoms with Gasteiger partial charge in [-0.3, -0.25) is 10.1 Å². The van der Waals surface area contributed by atoms with E-state index in [0.29, 0.717) is 5.39 Å². The van der Waals surface area contributed by atoms with Gasteiger partial charge in [-0.25, -0.2) is 4.79 Å². The highest BCUT2D eigenvalue weighted by molar-refractivity contribution is 5.86. The van der Waals surface area contributed by atoms with Crippen LogP contribution >= 0.6 is 0 Å². The van der Waals surface area contributed by atoms with Crippen LogP contribution in [-0.2, 0) is 0 Å². The van der Waals surface area contributed by atoms with Crippen molar-refractivity contribution in [1.82, 2.24) is 0 Å². The summed E-state index contributed by atoms with van der Waals surface area (Å²) in [6.07, 6.45) is 0. The molecule has 0 aliphatic heterocycles. The second kappa shape index (κ2) is 3.65. The van der Waals surface area contributed by atoms with E-state index in [9.17, 15) is 14.9 Å². The first-order chi connectivity index (χ1) is 7.65. The van der Waals surface area contributed by atoms with E-state index in [1.54, 1.807) is 24.3 Å². The number of hydrogen-bond acceptors (Lipinski definition) is 5. The molecule has 2 rings (SSSR count). The lowest BCUT2D eigenvalue weighted by molar-refractivity contribution is -0.388. The van der Waals surface area contributed by atoms with Gasteiger partial charge < -0.3 is 9.15 Å². The van der Waals surface area contributed by atoms with Crippen molar-refractivity contribution in [2.24, 2.45) is 0 Å². The molecule has 6 nitrogen and oxygen atoms in total. The number of nitro groups is 1. The number of ether oxygens (including phenoxy) is 1. The van der Waals surface area contributed by atoms with Crippen LogP contribution in [0.4, 0.5) is 5.69 Å². The molecule has 0 atom stereocenters. The van der Waals surface area contributed by atoms with Crippen molar-refractivity contribution >= 4 is 16.7 Å². The van der Waals surface area contributed by atoms with Crippen molar-refractivity contribution in [1.29, 1.82) is 0 Å². The summed E-state index contributed by atoms with van der Waals surface area (Å²) in [5.41, 5.74) is -1.43. The highest BCUT2D eigenvalue weighted by atomic mass is 16.6. The van der Waals surface area contributed by atoms with Crippen LogP contribution in [0.1, 0.15) is 0 Å². The fraction of sp³-hybridized carbons (Fsp3) is 0.100. The van der Waals surface area contributed by atoms with E-state index < -0.39 is 16.2 Å². The zero-order valence-electron chi connectivity index (χ0n) is 8.30. The SMILES string of the molecule is COc1c([N+](=O)[O-])c(=O)oc2ccccc12. The number of rotatable bonds is 2. The Kier molecular flexibility index (Phi) is 2.32. The molecule has 0 radical (unpaired) electrons. The summed E-state index contributed by atoms with van der Waals surface area (Å²) in [7, 11) is 1.27. The number of nitrogens with zero attached hydrogens (tertiary/aromatic N) is 1. The average molecular weight is 221 g/mol. The van der Waals surface area contributed by atoms with E-state index >= 15 is 0 Å². The fourth-order valence-corrected chi connectivity index (χ4v) is 1.48. The standard InChI is InChI=1S/C10H7NO5/c1-15-9-6-4-2-3-5-7(6)16-10(12)8(9)11(13)14/h2-5H,1H3. The van der Waals surface area contributed by atoms with Gasteiger partial charge in [-0.15, -0.1) is 0 Å². The Morgan fingerprint density at radius 1 is 1.38 bits per heavy atom. The van der Waals surface area contributed by atoms with Crippen molar-refractivity contribution in [2.45, 2.75) is 0 Å². The Labute approximate surface area is 89.2 Å². The highest BCUT2D eigenvalue weighted by Crippen LogP contribution is 2.31. The molecule has 0 spiro atoms. The molecule has 0 aliphatic rings. The van der Waals surface area contributed by atoms with Crippen molar-refractivity contribution in [3.8, 4) is 5.75 Å². The molecular weight excluding hydrogens is 214 g/mol. The topological polar surface area (TPSA) is 82.6 Å². The second-order valence-electron chi connectivity index (χ2n) is 3.02. The van der Waals surface area contributed by atoms with Gasteiger partial charge in [0.2, 0.25) is 5.75 Å². The van der Waals surface area contributed by atoms with Gasteiger partial charge in [0.1, 0.15) is 5.58 Å². The maximum atomic E-state index is 11.4. The lowest BCUT2D eigenvalue weighted by Crippen LogP contribution is -2.08. The van der Waals surface area contributed by atoms with Gasteiger partial charge in [-0.05, 0) is 12.1 Å². The first-order valence-electron chi connectivity index (χ1n) is 4.39. The molecule has 0 amide bonds. The van der Waals surface area contributed by atoms with Gasteiger partial charge in [0.05, 0.1) is 17.4 Å². The van der Waals surface area contributed by atoms with E-state index in [1.165, 1.54) is 7.11 Å². The average Bonchev–Trinajstić information content (AvgIpc) is 2.26. The third-order valence-corrected chi connectivity index (χ3v) is 2.13. The zero-order valence-corrected chi connectivity index (χ0v) is 8.30.